The molecule has 0 saturated carbocycles. The minimum Gasteiger partial charge on any atom is -0.265 e. The lowest BCUT2D eigenvalue weighted by Gasteiger charge is -2.11. The summed E-state index contributed by atoms with van der Waals surface area (Å²) in [5.41, 5.74) is 3.46. The van der Waals surface area contributed by atoms with Crippen LogP contribution in [0.25, 0.3) is 0 Å². The van der Waals surface area contributed by atoms with Gasteiger partial charge in [-0.05, 0) is 35.4 Å². The largest absolute Gasteiger partial charge is 0.265 e. The highest BCUT2D eigenvalue weighted by Crippen LogP contribution is 2.23. The molecule has 78 valence electrons. The summed E-state index contributed by atoms with van der Waals surface area (Å²) < 4.78 is 0. The molecule has 0 aliphatic carbocycles. The molecule has 1 nitrogen and oxygen atoms in total. The predicted octanol–water partition coefficient (Wildman–Crippen LogP) is 3.21. The molecule has 0 aliphatic rings. The predicted molar refractivity (Wildman–Crippen MR) is 66.1 cm³/mol. The fraction of sp³-hybridized carbons (Fsp3) is 0.133. The molecule has 0 amide bonds. The van der Waals surface area contributed by atoms with Gasteiger partial charge in [0.15, 0.2) is 0 Å². The van der Waals surface area contributed by atoms with Gasteiger partial charge in [0, 0.05) is 23.9 Å². The van der Waals surface area contributed by atoms with E-state index in [1.165, 1.54) is 11.1 Å². The van der Waals surface area contributed by atoms with Crippen molar-refractivity contribution >= 4 is 0 Å². The highest BCUT2D eigenvalue weighted by molar-refractivity contribution is 5.38. The summed E-state index contributed by atoms with van der Waals surface area (Å²) in [6.07, 6.45) is 8.97. The molecule has 0 aliphatic heterocycles. The minimum atomic E-state index is 0.370. The van der Waals surface area contributed by atoms with Gasteiger partial charge in [0.05, 0.1) is 0 Å². The third kappa shape index (κ3) is 2.12. The van der Waals surface area contributed by atoms with E-state index < -0.39 is 0 Å². The molecule has 0 radical (unpaired) electrons. The van der Waals surface area contributed by atoms with E-state index in [4.69, 9.17) is 6.42 Å². The lowest BCUT2D eigenvalue weighted by molar-refractivity contribution is 0.917. The van der Waals surface area contributed by atoms with Crippen molar-refractivity contribution in [1.29, 1.82) is 0 Å². The van der Waals surface area contributed by atoms with E-state index in [0.717, 1.165) is 5.56 Å². The second kappa shape index (κ2) is 4.63. The summed E-state index contributed by atoms with van der Waals surface area (Å²) in [6, 6.07) is 12.2. The van der Waals surface area contributed by atoms with Crippen molar-refractivity contribution in [2.45, 2.75) is 12.8 Å². The second-order valence-electron chi connectivity index (χ2n) is 3.77. The van der Waals surface area contributed by atoms with Crippen LogP contribution in [0.3, 0.4) is 0 Å². The zero-order valence-corrected chi connectivity index (χ0v) is 9.22. The number of hydrogen-bond donors (Lipinski definition) is 0. The molecule has 16 heavy (non-hydrogen) atoms. The number of hydrogen-bond acceptors (Lipinski definition) is 1. The van der Waals surface area contributed by atoms with Gasteiger partial charge in [0.25, 0.3) is 0 Å². The van der Waals surface area contributed by atoms with Crippen LogP contribution in [-0.2, 0) is 0 Å². The van der Waals surface area contributed by atoms with Crippen molar-refractivity contribution in [1.82, 2.24) is 4.98 Å². The Morgan fingerprint density at radius 3 is 2.12 bits per heavy atom. The summed E-state index contributed by atoms with van der Waals surface area (Å²) in [5.74, 6) is 2.99. The fourth-order valence-electron chi connectivity index (χ4n) is 1.71. The molecule has 0 N–H and O–H groups in total. The van der Waals surface area contributed by atoms with Gasteiger partial charge in [-0.1, -0.05) is 25.0 Å². The number of rotatable bonds is 2. The zero-order valence-electron chi connectivity index (χ0n) is 9.22. The Morgan fingerprint density at radius 1 is 1.00 bits per heavy atom. The van der Waals surface area contributed by atoms with Crippen molar-refractivity contribution in [2.75, 3.05) is 0 Å². The Labute approximate surface area is 96.2 Å². The van der Waals surface area contributed by atoms with Gasteiger partial charge in [-0.25, -0.2) is 0 Å². The molecule has 1 aromatic heterocycles. The molecule has 1 heterocycles. The van der Waals surface area contributed by atoms with Crippen molar-refractivity contribution in [3.8, 4) is 12.3 Å². The van der Waals surface area contributed by atoms with Gasteiger partial charge in [0.2, 0.25) is 0 Å². The lowest BCUT2D eigenvalue weighted by Crippen LogP contribution is -1.95. The van der Waals surface area contributed by atoms with Gasteiger partial charge < -0.3 is 0 Å². The van der Waals surface area contributed by atoms with E-state index in [2.05, 4.69) is 30.0 Å². The lowest BCUT2D eigenvalue weighted by atomic mass is 9.93. The van der Waals surface area contributed by atoms with Crippen LogP contribution in [0.1, 0.15) is 29.5 Å². The van der Waals surface area contributed by atoms with Gasteiger partial charge in [-0.15, -0.1) is 6.42 Å². The van der Waals surface area contributed by atoms with Crippen LogP contribution in [0.4, 0.5) is 0 Å². The summed E-state index contributed by atoms with van der Waals surface area (Å²) >= 11 is 0. The molecule has 0 saturated heterocycles. The maximum absolute atomic E-state index is 5.33. The average Bonchev–Trinajstić information content (AvgIpc) is 2.39. The van der Waals surface area contributed by atoms with Crippen LogP contribution in [0, 0.1) is 12.3 Å². The van der Waals surface area contributed by atoms with E-state index in [-0.39, 0.29) is 0 Å². The summed E-state index contributed by atoms with van der Waals surface area (Å²) in [7, 11) is 0. The monoisotopic (exact) mass is 207 g/mol. The summed E-state index contributed by atoms with van der Waals surface area (Å²) in [4.78, 5) is 4.02. The standard InChI is InChI=1S/C15H13N/c1-3-13-4-6-14(7-5-13)12(2)15-8-10-16-11-9-15/h1,4-12H,2H3. The van der Waals surface area contributed by atoms with Gasteiger partial charge in [-0.2, -0.15) is 0 Å². The smallest absolute Gasteiger partial charge is 0.0270 e. The fourth-order valence-corrected chi connectivity index (χ4v) is 1.71. The zero-order chi connectivity index (χ0) is 11.4. The van der Waals surface area contributed by atoms with Crippen LogP contribution in [0.5, 0.6) is 0 Å². The average molecular weight is 207 g/mol. The Bertz CT molecular complexity index is 491. The molecule has 1 aromatic carbocycles. The summed E-state index contributed by atoms with van der Waals surface area (Å²) in [5, 5.41) is 0. The van der Waals surface area contributed by atoms with E-state index in [1.54, 1.807) is 0 Å². The number of pyridine rings is 1. The highest BCUT2D eigenvalue weighted by Gasteiger charge is 2.07. The van der Waals surface area contributed by atoms with E-state index >= 15 is 0 Å². The molecule has 1 heteroatoms. The molecule has 0 bridgehead atoms. The molecular weight excluding hydrogens is 194 g/mol. The van der Waals surface area contributed by atoms with E-state index in [0.29, 0.717) is 5.92 Å². The van der Waals surface area contributed by atoms with Crippen LogP contribution in [0.2, 0.25) is 0 Å². The normalized spacial score (nSPS) is 11.8. The molecule has 2 aromatic rings. The first-order valence-corrected chi connectivity index (χ1v) is 5.28. The second-order valence-corrected chi connectivity index (χ2v) is 3.77. The molecule has 1 unspecified atom stereocenters. The third-order valence-electron chi connectivity index (χ3n) is 2.78. The first-order chi connectivity index (χ1) is 7.81. The quantitative estimate of drug-likeness (QED) is 0.689. The first-order valence-electron chi connectivity index (χ1n) is 5.28. The van der Waals surface area contributed by atoms with Gasteiger partial charge >= 0.3 is 0 Å². The van der Waals surface area contributed by atoms with Crippen LogP contribution in [0.15, 0.2) is 48.8 Å². The minimum absolute atomic E-state index is 0.370. The molecule has 0 spiro atoms. The Balaban J connectivity index is 2.28. The van der Waals surface area contributed by atoms with Crippen LogP contribution >= 0.6 is 0 Å². The van der Waals surface area contributed by atoms with Gasteiger partial charge in [0.1, 0.15) is 0 Å². The van der Waals surface area contributed by atoms with Crippen molar-refractivity contribution in [2.24, 2.45) is 0 Å². The Hall–Kier alpha value is -2.07. The van der Waals surface area contributed by atoms with Gasteiger partial charge in [-0.3, -0.25) is 4.98 Å². The molecule has 2 rings (SSSR count). The van der Waals surface area contributed by atoms with Crippen LogP contribution in [-0.4, -0.2) is 4.98 Å². The Morgan fingerprint density at radius 2 is 1.56 bits per heavy atom. The Kier molecular flexibility index (Phi) is 3.03. The van der Waals surface area contributed by atoms with Crippen molar-refractivity contribution in [3.63, 3.8) is 0 Å². The first kappa shape index (κ1) is 10.4. The number of benzene rings is 1. The molecule has 0 fully saturated rings. The number of aromatic nitrogens is 1. The van der Waals surface area contributed by atoms with Crippen molar-refractivity contribution in [3.05, 3.63) is 65.5 Å². The van der Waals surface area contributed by atoms with E-state index in [1.807, 2.05) is 36.7 Å². The van der Waals surface area contributed by atoms with Crippen LogP contribution < -0.4 is 0 Å². The van der Waals surface area contributed by atoms with E-state index in [9.17, 15) is 0 Å². The maximum atomic E-state index is 5.33. The number of terminal acetylenes is 1. The molecule has 1 atom stereocenters. The van der Waals surface area contributed by atoms with Crippen molar-refractivity contribution < 1.29 is 0 Å². The highest BCUT2D eigenvalue weighted by atomic mass is 14.6. The third-order valence-corrected chi connectivity index (χ3v) is 2.78. The SMILES string of the molecule is C#Cc1ccc(C(C)c2ccncc2)cc1. The summed E-state index contributed by atoms with van der Waals surface area (Å²) in [6.45, 7) is 2.18. The number of nitrogens with zero attached hydrogens (tertiary/aromatic N) is 1. The topological polar surface area (TPSA) is 12.9 Å². The molecular formula is C15H13N. The maximum Gasteiger partial charge on any atom is 0.0270 e.